The van der Waals surface area contributed by atoms with E-state index in [9.17, 15) is 23.1 Å². The van der Waals surface area contributed by atoms with Gasteiger partial charge in [-0.3, -0.25) is 4.79 Å². The summed E-state index contributed by atoms with van der Waals surface area (Å²) in [4.78, 5) is 25.1. The molecule has 0 aliphatic rings. The Hall–Kier alpha value is -4.07. The number of benzene rings is 3. The molecule has 0 saturated heterocycles. The molecular weight excluding hydrogens is 508 g/mol. The molecule has 1 aromatic heterocycles. The third-order valence-electron chi connectivity index (χ3n) is 5.22. The molecule has 0 aliphatic carbocycles. The molecule has 0 fully saturated rings. The lowest BCUT2D eigenvalue weighted by Gasteiger charge is -2.20. The highest BCUT2D eigenvalue weighted by Gasteiger charge is 2.30. The number of carbonyl (C=O) groups is 2. The Morgan fingerprint density at radius 3 is 2.33 bits per heavy atom. The van der Waals surface area contributed by atoms with E-state index in [0.717, 1.165) is 11.7 Å². The number of fused-ring (bicyclic) bond motifs is 1. The number of anilines is 1. The number of hydrogen-bond acceptors (Lipinski definition) is 9. The number of carboxylic acids is 1. The number of amides is 1. The van der Waals surface area contributed by atoms with Gasteiger partial charge in [0.25, 0.3) is 0 Å². The molecule has 1 atom stereocenters. The number of hydrogen-bond donors (Lipinski definition) is 3. The van der Waals surface area contributed by atoms with E-state index in [1.807, 2.05) is 0 Å². The molecule has 13 heteroatoms. The van der Waals surface area contributed by atoms with Crippen LogP contribution in [0.5, 0.6) is 11.5 Å². The molecule has 186 valence electrons. The summed E-state index contributed by atoms with van der Waals surface area (Å²) in [5, 5.41) is 12.2. The van der Waals surface area contributed by atoms with Crippen LogP contribution in [0.4, 0.5) is 5.69 Å². The third-order valence-corrected chi connectivity index (χ3v) is 7.22. The number of carboxylic acid groups (broad SMARTS) is 1. The molecule has 3 aromatic carbocycles. The summed E-state index contributed by atoms with van der Waals surface area (Å²) >= 11 is 0.868. The van der Waals surface area contributed by atoms with Crippen molar-refractivity contribution in [1.29, 1.82) is 0 Å². The van der Waals surface area contributed by atoms with E-state index in [2.05, 4.69) is 18.8 Å². The number of nitrogens with one attached hydrogen (secondary N) is 2. The van der Waals surface area contributed by atoms with Crippen LogP contribution in [0.1, 0.15) is 22.0 Å². The van der Waals surface area contributed by atoms with Crippen molar-refractivity contribution >= 4 is 50.3 Å². The van der Waals surface area contributed by atoms with E-state index in [4.69, 9.17) is 9.47 Å². The SMILES string of the molecule is COc1cc(NC(=O)[C@H](NS(=O)(=O)c2cccc3nsnc23)c2ccccc2)c(C(=O)O)cc1OC. The second-order valence-electron chi connectivity index (χ2n) is 7.40. The maximum absolute atomic E-state index is 13.4. The number of carbonyl (C=O) groups excluding carboxylic acids is 1. The van der Waals surface area contributed by atoms with Crippen LogP contribution in [0.2, 0.25) is 0 Å². The number of rotatable bonds is 9. The van der Waals surface area contributed by atoms with Crippen LogP contribution in [0.25, 0.3) is 11.0 Å². The molecule has 0 radical (unpaired) electrons. The van der Waals surface area contributed by atoms with Crippen LogP contribution >= 0.6 is 11.7 Å². The maximum Gasteiger partial charge on any atom is 0.337 e. The molecule has 0 saturated carbocycles. The van der Waals surface area contributed by atoms with Crippen molar-refractivity contribution in [2.75, 3.05) is 19.5 Å². The van der Waals surface area contributed by atoms with Gasteiger partial charge in [-0.05, 0) is 17.7 Å². The average Bonchev–Trinajstić information content (AvgIpc) is 3.36. The summed E-state index contributed by atoms with van der Waals surface area (Å²) in [5.74, 6) is -1.82. The fourth-order valence-corrected chi connectivity index (χ4v) is 5.45. The Morgan fingerprint density at radius 2 is 1.67 bits per heavy atom. The largest absolute Gasteiger partial charge is 0.493 e. The van der Waals surface area contributed by atoms with Crippen LogP contribution in [-0.2, 0) is 14.8 Å². The summed E-state index contributed by atoms with van der Waals surface area (Å²) in [5.41, 5.74) is 0.542. The quantitative estimate of drug-likeness (QED) is 0.297. The normalized spacial score (nSPS) is 12.2. The van der Waals surface area contributed by atoms with Crippen molar-refractivity contribution in [3.8, 4) is 11.5 Å². The number of ether oxygens (including phenoxy) is 2. The van der Waals surface area contributed by atoms with Gasteiger partial charge in [0.2, 0.25) is 15.9 Å². The second-order valence-corrected chi connectivity index (χ2v) is 9.61. The zero-order valence-electron chi connectivity index (χ0n) is 19.0. The number of nitrogens with zero attached hydrogens (tertiary/aromatic N) is 2. The lowest BCUT2D eigenvalue weighted by molar-refractivity contribution is -0.117. The first-order valence-electron chi connectivity index (χ1n) is 10.3. The molecule has 1 amide bonds. The van der Waals surface area contributed by atoms with Crippen molar-refractivity contribution < 1.29 is 32.6 Å². The molecule has 0 spiro atoms. The summed E-state index contributed by atoms with van der Waals surface area (Å²) in [6, 6.07) is 13.8. The summed E-state index contributed by atoms with van der Waals surface area (Å²) < 4.78 is 47.6. The van der Waals surface area contributed by atoms with Crippen LogP contribution in [0, 0.1) is 0 Å². The molecule has 11 nitrogen and oxygen atoms in total. The minimum atomic E-state index is -4.26. The first-order valence-corrected chi connectivity index (χ1v) is 12.5. The predicted octanol–water partition coefficient (Wildman–Crippen LogP) is 3.07. The zero-order valence-corrected chi connectivity index (χ0v) is 20.6. The Bertz CT molecular complexity index is 1540. The molecule has 36 heavy (non-hydrogen) atoms. The molecule has 0 bridgehead atoms. The summed E-state index contributed by atoms with van der Waals surface area (Å²) in [6.45, 7) is 0. The lowest BCUT2D eigenvalue weighted by atomic mass is 10.1. The smallest absolute Gasteiger partial charge is 0.337 e. The van der Waals surface area contributed by atoms with Gasteiger partial charge < -0.3 is 19.9 Å². The van der Waals surface area contributed by atoms with Crippen molar-refractivity contribution in [3.63, 3.8) is 0 Å². The van der Waals surface area contributed by atoms with E-state index in [0.29, 0.717) is 11.1 Å². The van der Waals surface area contributed by atoms with E-state index in [1.54, 1.807) is 36.4 Å². The Kier molecular flexibility index (Phi) is 7.15. The minimum Gasteiger partial charge on any atom is -0.493 e. The van der Waals surface area contributed by atoms with Crippen LogP contribution in [-0.4, -0.2) is 48.4 Å². The standard InChI is InChI=1S/C23H20N4O7S2/c1-33-17-11-14(23(29)30)16(12-18(17)34-2)24-22(28)20(13-7-4-3-5-8-13)27-36(31,32)19-10-6-9-15-21(19)26-35-25-15/h3-12,20,27H,1-2H3,(H,24,28)(H,29,30)/t20-/m1/s1. The van der Waals surface area contributed by atoms with Gasteiger partial charge in [-0.2, -0.15) is 13.5 Å². The van der Waals surface area contributed by atoms with Gasteiger partial charge in [-0.1, -0.05) is 36.4 Å². The number of methoxy groups -OCH3 is 2. The summed E-state index contributed by atoms with van der Waals surface area (Å²) in [6.07, 6.45) is 0. The highest BCUT2D eigenvalue weighted by molar-refractivity contribution is 7.89. The first-order chi connectivity index (χ1) is 17.2. The molecule has 4 aromatic rings. The molecule has 0 unspecified atom stereocenters. The van der Waals surface area contributed by atoms with Crippen LogP contribution in [0.15, 0.2) is 65.6 Å². The van der Waals surface area contributed by atoms with Crippen molar-refractivity contribution in [2.24, 2.45) is 0 Å². The maximum atomic E-state index is 13.4. The monoisotopic (exact) mass is 528 g/mol. The number of sulfonamides is 1. The highest BCUT2D eigenvalue weighted by Crippen LogP contribution is 2.34. The van der Waals surface area contributed by atoms with Crippen molar-refractivity contribution in [1.82, 2.24) is 13.5 Å². The van der Waals surface area contributed by atoms with E-state index in [1.165, 1.54) is 38.5 Å². The fraction of sp³-hybridized carbons (Fsp3) is 0.130. The summed E-state index contributed by atoms with van der Waals surface area (Å²) in [7, 11) is -1.55. The fourth-order valence-electron chi connectivity index (χ4n) is 3.50. The number of aromatic carboxylic acids is 1. The molecular formula is C23H20N4O7S2. The number of aromatic nitrogens is 2. The van der Waals surface area contributed by atoms with Gasteiger partial charge in [0, 0.05) is 12.1 Å². The van der Waals surface area contributed by atoms with Crippen LogP contribution < -0.4 is 19.5 Å². The molecule has 3 N–H and O–H groups in total. The van der Waals surface area contributed by atoms with Gasteiger partial charge in [0.1, 0.15) is 22.0 Å². The second kappa shape index (κ2) is 10.3. The predicted molar refractivity (Wildman–Crippen MR) is 132 cm³/mol. The Balaban J connectivity index is 1.74. The Morgan fingerprint density at radius 1 is 0.972 bits per heavy atom. The minimum absolute atomic E-state index is 0.101. The zero-order chi connectivity index (χ0) is 25.9. The van der Waals surface area contributed by atoms with Crippen LogP contribution in [0.3, 0.4) is 0 Å². The van der Waals surface area contributed by atoms with E-state index >= 15 is 0 Å². The van der Waals surface area contributed by atoms with Gasteiger partial charge in [0.05, 0.1) is 37.2 Å². The molecule has 0 aliphatic heterocycles. The van der Waals surface area contributed by atoms with Gasteiger partial charge in [-0.25, -0.2) is 13.2 Å². The first kappa shape index (κ1) is 25.0. The van der Waals surface area contributed by atoms with Crippen molar-refractivity contribution in [2.45, 2.75) is 10.9 Å². The lowest BCUT2D eigenvalue weighted by Crippen LogP contribution is -2.37. The molecule has 4 rings (SSSR count). The van der Waals surface area contributed by atoms with Gasteiger partial charge in [0.15, 0.2) is 11.5 Å². The highest BCUT2D eigenvalue weighted by atomic mass is 32.2. The molecule has 1 heterocycles. The van der Waals surface area contributed by atoms with E-state index < -0.39 is 27.9 Å². The topological polar surface area (TPSA) is 157 Å². The van der Waals surface area contributed by atoms with E-state index in [-0.39, 0.29) is 33.2 Å². The van der Waals surface area contributed by atoms with Crippen molar-refractivity contribution in [3.05, 3.63) is 71.8 Å². The van der Waals surface area contributed by atoms with Gasteiger partial charge >= 0.3 is 5.97 Å². The Labute approximate surface area is 210 Å². The third kappa shape index (κ3) is 4.98. The van der Waals surface area contributed by atoms with Gasteiger partial charge in [-0.15, -0.1) is 0 Å². The average molecular weight is 529 g/mol.